The molecule has 2 amide bonds. The lowest BCUT2D eigenvalue weighted by atomic mass is 10.3. The van der Waals surface area contributed by atoms with Crippen LogP contribution in [-0.2, 0) is 11.3 Å². The first-order chi connectivity index (χ1) is 14.1. The highest BCUT2D eigenvalue weighted by atomic mass is 32.1. The monoisotopic (exact) mass is 408 g/mol. The number of carbonyl (C=O) groups is 2. The number of furan rings is 1. The van der Waals surface area contributed by atoms with Crippen molar-refractivity contribution in [2.75, 3.05) is 5.32 Å². The molecule has 0 aliphatic carbocycles. The Morgan fingerprint density at radius 1 is 1.17 bits per heavy atom. The number of carbonyl (C=O) groups excluding carboxylic acids is 2. The Hall–Kier alpha value is -3.79. The summed E-state index contributed by atoms with van der Waals surface area (Å²) in [6, 6.07) is 12.9. The lowest BCUT2D eigenvalue weighted by molar-refractivity contribution is -0.119. The van der Waals surface area contributed by atoms with Crippen LogP contribution in [0.1, 0.15) is 23.2 Å². The van der Waals surface area contributed by atoms with Crippen LogP contribution in [0.25, 0.3) is 17.1 Å². The fourth-order valence-electron chi connectivity index (χ4n) is 2.48. The molecule has 146 valence electrons. The van der Waals surface area contributed by atoms with E-state index in [2.05, 4.69) is 25.8 Å². The maximum Gasteiger partial charge on any atom is 0.279 e. The lowest BCUT2D eigenvalue weighted by Gasteiger charge is -1.99. The second-order valence-corrected chi connectivity index (χ2v) is 6.88. The van der Waals surface area contributed by atoms with Gasteiger partial charge >= 0.3 is 0 Å². The van der Waals surface area contributed by atoms with Crippen LogP contribution in [0.5, 0.6) is 0 Å². The average Bonchev–Trinajstić information content (AvgIpc) is 3.47. The molecule has 0 fully saturated rings. The largest absolute Gasteiger partial charge is 0.458 e. The first kappa shape index (κ1) is 18.6. The molecule has 3 heterocycles. The average molecular weight is 408 g/mol. The quantitative estimate of drug-likeness (QED) is 0.507. The predicted molar refractivity (Wildman–Crippen MR) is 107 cm³/mol. The van der Waals surface area contributed by atoms with E-state index in [4.69, 9.17) is 4.42 Å². The topological polar surface area (TPSA) is 115 Å². The van der Waals surface area contributed by atoms with Crippen LogP contribution >= 0.6 is 11.3 Å². The van der Waals surface area contributed by atoms with E-state index in [1.165, 1.54) is 29.3 Å². The molecule has 2 N–H and O–H groups in total. The van der Waals surface area contributed by atoms with E-state index in [-0.39, 0.29) is 11.6 Å². The summed E-state index contributed by atoms with van der Waals surface area (Å²) in [4.78, 5) is 29.2. The highest BCUT2D eigenvalue weighted by Gasteiger charge is 2.15. The van der Waals surface area contributed by atoms with Crippen LogP contribution in [0.4, 0.5) is 5.13 Å². The summed E-state index contributed by atoms with van der Waals surface area (Å²) in [5.41, 5.74) is 1.53. The molecule has 0 saturated heterocycles. The Morgan fingerprint density at radius 3 is 2.79 bits per heavy atom. The SMILES string of the molecule is CC(=O)NCc1ccc(-c2csc(NC(=O)c3cnn(-c4ccccc4)n3)n2)o1. The third kappa shape index (κ3) is 4.38. The zero-order chi connectivity index (χ0) is 20.2. The summed E-state index contributed by atoms with van der Waals surface area (Å²) in [5.74, 6) is 0.633. The number of nitrogens with one attached hydrogen (secondary N) is 2. The highest BCUT2D eigenvalue weighted by Crippen LogP contribution is 2.26. The van der Waals surface area contributed by atoms with Crippen molar-refractivity contribution < 1.29 is 14.0 Å². The van der Waals surface area contributed by atoms with Gasteiger partial charge in [0.15, 0.2) is 16.6 Å². The van der Waals surface area contributed by atoms with E-state index in [0.29, 0.717) is 28.9 Å². The molecule has 4 rings (SSSR count). The molecular formula is C19H16N6O3S. The van der Waals surface area contributed by atoms with Crippen LogP contribution in [0, 0.1) is 0 Å². The Kier molecular flexibility index (Phi) is 5.16. The fourth-order valence-corrected chi connectivity index (χ4v) is 3.18. The minimum atomic E-state index is -0.404. The summed E-state index contributed by atoms with van der Waals surface area (Å²) in [6.07, 6.45) is 1.40. The number of aromatic nitrogens is 4. The van der Waals surface area contributed by atoms with Crippen molar-refractivity contribution >= 4 is 28.3 Å². The first-order valence-electron chi connectivity index (χ1n) is 8.66. The maximum absolute atomic E-state index is 12.4. The standard InChI is InChI=1S/C19H16N6O3S/c1-12(26)20-9-14-7-8-17(28-14)16-11-29-19(22-16)23-18(27)15-10-21-25(24-15)13-5-3-2-4-6-13/h2-8,10-11H,9H2,1H3,(H,20,26)(H,22,23,27). The number of para-hydroxylation sites is 1. The van der Waals surface area contributed by atoms with Crippen LogP contribution in [0.15, 0.2) is 58.5 Å². The van der Waals surface area contributed by atoms with Gasteiger partial charge in [0.1, 0.15) is 11.5 Å². The van der Waals surface area contributed by atoms with E-state index >= 15 is 0 Å². The number of thiazole rings is 1. The molecule has 0 bridgehead atoms. The molecule has 10 heteroatoms. The van der Waals surface area contributed by atoms with Crippen LogP contribution < -0.4 is 10.6 Å². The third-order valence-corrected chi connectivity index (χ3v) is 4.62. The van der Waals surface area contributed by atoms with E-state index in [1.54, 1.807) is 17.5 Å². The van der Waals surface area contributed by atoms with Gasteiger partial charge in [0.25, 0.3) is 5.91 Å². The first-order valence-corrected chi connectivity index (χ1v) is 9.54. The lowest BCUT2D eigenvalue weighted by Crippen LogP contribution is -2.18. The van der Waals surface area contributed by atoms with Crippen LogP contribution in [0.2, 0.25) is 0 Å². The predicted octanol–water partition coefficient (Wildman–Crippen LogP) is 2.87. The van der Waals surface area contributed by atoms with Gasteiger partial charge in [-0.25, -0.2) is 4.98 Å². The van der Waals surface area contributed by atoms with Crippen LogP contribution in [0.3, 0.4) is 0 Å². The van der Waals surface area contributed by atoms with Gasteiger partial charge in [-0.3, -0.25) is 14.9 Å². The van der Waals surface area contributed by atoms with Gasteiger partial charge in [-0.2, -0.15) is 9.90 Å². The summed E-state index contributed by atoms with van der Waals surface area (Å²) in [7, 11) is 0. The number of hydrogen-bond acceptors (Lipinski definition) is 7. The number of rotatable bonds is 6. The molecule has 0 saturated carbocycles. The second kappa shape index (κ2) is 8.07. The Labute approximate surface area is 169 Å². The van der Waals surface area contributed by atoms with Crippen molar-refractivity contribution in [3.63, 3.8) is 0 Å². The summed E-state index contributed by atoms with van der Waals surface area (Å²) in [6.45, 7) is 1.75. The van der Waals surface area contributed by atoms with Gasteiger partial charge in [0.05, 0.1) is 18.4 Å². The van der Waals surface area contributed by atoms with Gasteiger partial charge in [-0.05, 0) is 24.3 Å². The molecule has 0 atom stereocenters. The number of amides is 2. The van der Waals surface area contributed by atoms with Crippen molar-refractivity contribution in [1.82, 2.24) is 25.3 Å². The van der Waals surface area contributed by atoms with Gasteiger partial charge in [-0.15, -0.1) is 16.4 Å². The summed E-state index contributed by atoms with van der Waals surface area (Å²) < 4.78 is 5.67. The van der Waals surface area contributed by atoms with Crippen molar-refractivity contribution in [3.8, 4) is 17.1 Å². The minimum Gasteiger partial charge on any atom is -0.458 e. The number of nitrogens with zero attached hydrogens (tertiary/aromatic N) is 4. The second-order valence-electron chi connectivity index (χ2n) is 6.02. The summed E-state index contributed by atoms with van der Waals surface area (Å²) >= 11 is 1.27. The van der Waals surface area contributed by atoms with Crippen molar-refractivity contribution in [2.24, 2.45) is 0 Å². The molecule has 1 aromatic carbocycles. The Morgan fingerprint density at radius 2 is 2.00 bits per heavy atom. The molecule has 0 radical (unpaired) electrons. The number of hydrogen-bond donors (Lipinski definition) is 2. The zero-order valence-corrected chi connectivity index (χ0v) is 16.1. The zero-order valence-electron chi connectivity index (χ0n) is 15.3. The number of benzene rings is 1. The molecule has 0 spiro atoms. The van der Waals surface area contributed by atoms with Gasteiger partial charge in [-0.1, -0.05) is 18.2 Å². The highest BCUT2D eigenvalue weighted by molar-refractivity contribution is 7.14. The maximum atomic E-state index is 12.4. The van der Waals surface area contributed by atoms with Crippen molar-refractivity contribution in [3.05, 3.63) is 65.5 Å². The van der Waals surface area contributed by atoms with E-state index in [1.807, 2.05) is 30.3 Å². The molecule has 9 nitrogen and oxygen atoms in total. The van der Waals surface area contributed by atoms with Crippen molar-refractivity contribution in [2.45, 2.75) is 13.5 Å². The van der Waals surface area contributed by atoms with E-state index in [0.717, 1.165) is 5.69 Å². The molecule has 3 aromatic heterocycles. The van der Waals surface area contributed by atoms with Crippen LogP contribution in [-0.4, -0.2) is 31.8 Å². The van der Waals surface area contributed by atoms with Gasteiger partial charge in [0.2, 0.25) is 5.91 Å². The Balaban J connectivity index is 1.42. The summed E-state index contributed by atoms with van der Waals surface area (Å²) in [5, 5.41) is 15.9. The van der Waals surface area contributed by atoms with Gasteiger partial charge < -0.3 is 9.73 Å². The fraction of sp³-hybridized carbons (Fsp3) is 0.105. The molecule has 0 unspecified atom stereocenters. The molecule has 4 aromatic rings. The van der Waals surface area contributed by atoms with E-state index in [9.17, 15) is 9.59 Å². The van der Waals surface area contributed by atoms with Crippen molar-refractivity contribution in [1.29, 1.82) is 0 Å². The molecule has 0 aliphatic rings. The number of anilines is 1. The molecule has 0 aliphatic heterocycles. The van der Waals surface area contributed by atoms with E-state index < -0.39 is 5.91 Å². The molecular weight excluding hydrogens is 392 g/mol. The molecule has 29 heavy (non-hydrogen) atoms. The third-order valence-electron chi connectivity index (χ3n) is 3.86. The smallest absolute Gasteiger partial charge is 0.279 e. The minimum absolute atomic E-state index is 0.134. The normalized spacial score (nSPS) is 10.7. The Bertz CT molecular complexity index is 1150. The van der Waals surface area contributed by atoms with Gasteiger partial charge in [0, 0.05) is 12.3 Å².